The number of halogens is 2. The number of piperazine rings is 1. The van der Waals surface area contributed by atoms with Gasteiger partial charge in [-0.25, -0.2) is 4.98 Å². The summed E-state index contributed by atoms with van der Waals surface area (Å²) in [5.41, 5.74) is 1.65. The van der Waals surface area contributed by atoms with Gasteiger partial charge in [0, 0.05) is 37.2 Å². The lowest BCUT2D eigenvalue weighted by Crippen LogP contribution is -2.52. The van der Waals surface area contributed by atoms with Crippen molar-refractivity contribution in [3.8, 4) is 5.75 Å². The summed E-state index contributed by atoms with van der Waals surface area (Å²) in [5.74, 6) is -0.351. The number of aromatic nitrogens is 1. The fraction of sp³-hybridized carbons (Fsp3) is 0.364. The van der Waals surface area contributed by atoms with Crippen LogP contribution in [0.25, 0.3) is 10.2 Å². The molecule has 164 valence electrons. The van der Waals surface area contributed by atoms with Gasteiger partial charge in [-0.3, -0.25) is 9.69 Å². The maximum absolute atomic E-state index is 10.9. The van der Waals surface area contributed by atoms with Crippen LogP contribution in [-0.2, 0) is 11.2 Å². The van der Waals surface area contributed by atoms with Crippen LogP contribution in [0.4, 0.5) is 5.13 Å². The van der Waals surface area contributed by atoms with E-state index in [9.17, 15) is 4.79 Å². The number of rotatable bonds is 7. The van der Waals surface area contributed by atoms with E-state index in [2.05, 4.69) is 16.7 Å². The van der Waals surface area contributed by atoms with Crippen LogP contribution in [-0.4, -0.2) is 59.8 Å². The van der Waals surface area contributed by atoms with Crippen LogP contribution >= 0.6 is 34.5 Å². The molecule has 1 fully saturated rings. The zero-order valence-corrected chi connectivity index (χ0v) is 19.4. The Labute approximate surface area is 195 Å². The number of thiazole rings is 1. The number of benzene rings is 2. The van der Waals surface area contributed by atoms with Crippen molar-refractivity contribution >= 4 is 55.9 Å². The van der Waals surface area contributed by atoms with E-state index in [1.165, 1.54) is 0 Å². The Balaban J connectivity index is 1.32. The van der Waals surface area contributed by atoms with E-state index in [-0.39, 0.29) is 6.42 Å². The van der Waals surface area contributed by atoms with E-state index in [0.717, 1.165) is 46.5 Å². The van der Waals surface area contributed by atoms with Gasteiger partial charge in [0.1, 0.15) is 12.4 Å². The van der Waals surface area contributed by atoms with Gasteiger partial charge in [-0.15, -0.1) is 0 Å². The van der Waals surface area contributed by atoms with Crippen molar-refractivity contribution in [2.45, 2.75) is 19.4 Å². The second-order valence-electron chi connectivity index (χ2n) is 7.62. The highest BCUT2D eigenvalue weighted by molar-refractivity contribution is 7.22. The predicted octanol–water partition coefficient (Wildman–Crippen LogP) is 4.82. The Hall–Kier alpha value is -2.06. The molecular weight excluding hydrogens is 457 g/mol. The third kappa shape index (κ3) is 5.41. The summed E-state index contributed by atoms with van der Waals surface area (Å²) in [4.78, 5) is 20.4. The summed E-state index contributed by atoms with van der Waals surface area (Å²) < 4.78 is 6.97. The molecule has 3 aromatic rings. The lowest BCUT2D eigenvalue weighted by Gasteiger charge is -2.39. The van der Waals surface area contributed by atoms with E-state index in [0.29, 0.717) is 29.0 Å². The molecule has 4 rings (SSSR count). The van der Waals surface area contributed by atoms with Gasteiger partial charge in [-0.2, -0.15) is 0 Å². The average molecular weight is 480 g/mol. The summed E-state index contributed by atoms with van der Waals surface area (Å²) in [7, 11) is 0. The van der Waals surface area contributed by atoms with Gasteiger partial charge in [0.15, 0.2) is 5.13 Å². The first-order chi connectivity index (χ1) is 14.9. The first-order valence-electron chi connectivity index (χ1n) is 10.1. The summed E-state index contributed by atoms with van der Waals surface area (Å²) in [6.45, 7) is 6.16. The zero-order chi connectivity index (χ0) is 22.0. The average Bonchev–Trinajstić information content (AvgIpc) is 3.14. The van der Waals surface area contributed by atoms with Crippen molar-refractivity contribution in [2.75, 3.05) is 37.7 Å². The van der Waals surface area contributed by atoms with E-state index >= 15 is 0 Å². The highest BCUT2D eigenvalue weighted by Crippen LogP contribution is 2.32. The Morgan fingerprint density at radius 2 is 2.10 bits per heavy atom. The molecule has 2 aromatic carbocycles. The number of nitrogens with zero attached hydrogens (tertiary/aromatic N) is 3. The van der Waals surface area contributed by atoms with Crippen LogP contribution in [0.2, 0.25) is 10.0 Å². The number of hydrogen-bond acceptors (Lipinski definition) is 6. The Morgan fingerprint density at radius 1 is 1.26 bits per heavy atom. The monoisotopic (exact) mass is 479 g/mol. The summed E-state index contributed by atoms with van der Waals surface area (Å²) >= 11 is 14.0. The molecule has 1 aliphatic heterocycles. The van der Waals surface area contributed by atoms with Crippen molar-refractivity contribution < 1.29 is 14.6 Å². The van der Waals surface area contributed by atoms with Crippen LogP contribution < -0.4 is 9.64 Å². The molecule has 1 aromatic heterocycles. The van der Waals surface area contributed by atoms with Crippen LogP contribution in [0.3, 0.4) is 0 Å². The molecule has 9 heteroatoms. The number of carboxylic acids is 1. The third-order valence-corrected chi connectivity index (χ3v) is 6.99. The van der Waals surface area contributed by atoms with Crippen molar-refractivity contribution in [3.63, 3.8) is 0 Å². The van der Waals surface area contributed by atoms with E-state index < -0.39 is 5.97 Å². The van der Waals surface area contributed by atoms with Crippen LogP contribution in [0.15, 0.2) is 36.4 Å². The lowest BCUT2D eigenvalue weighted by molar-refractivity contribution is -0.136. The minimum atomic E-state index is -0.879. The summed E-state index contributed by atoms with van der Waals surface area (Å²) in [5, 5.41) is 11.2. The van der Waals surface area contributed by atoms with Crippen molar-refractivity contribution in [2.24, 2.45) is 0 Å². The second kappa shape index (κ2) is 9.61. The highest BCUT2D eigenvalue weighted by Gasteiger charge is 2.25. The molecule has 1 N–H and O–H groups in total. The quantitative estimate of drug-likeness (QED) is 0.523. The largest absolute Gasteiger partial charge is 0.491 e. The molecule has 0 aliphatic carbocycles. The molecule has 31 heavy (non-hydrogen) atoms. The second-order valence-corrected chi connectivity index (χ2v) is 9.48. The molecule has 0 radical (unpaired) electrons. The molecule has 0 saturated carbocycles. The van der Waals surface area contributed by atoms with Crippen molar-refractivity contribution in [1.82, 2.24) is 9.88 Å². The smallest absolute Gasteiger partial charge is 0.307 e. The van der Waals surface area contributed by atoms with Gasteiger partial charge in [0.2, 0.25) is 0 Å². The fourth-order valence-electron chi connectivity index (χ4n) is 3.74. The molecule has 0 amide bonds. The van der Waals surface area contributed by atoms with E-state index in [1.54, 1.807) is 29.5 Å². The molecule has 0 bridgehead atoms. The zero-order valence-electron chi connectivity index (χ0n) is 17.1. The number of aliphatic carboxylic acids is 1. The molecule has 1 aliphatic rings. The standard InChI is InChI=1S/C22H23Cl2N3O3S/c1-14-13-27(22-25-18-5-3-16(23)12-20(18)31-22)7-6-26(14)8-9-30-19-10-15(11-21(28)29)2-4-17(19)24/h2-5,10,12,14H,6-9,11,13H2,1H3,(H,28,29)/t14-/m1/s1. The molecular formula is C22H23Cl2N3O3S. The molecule has 0 unspecified atom stereocenters. The van der Waals surface area contributed by atoms with Gasteiger partial charge in [-0.1, -0.05) is 40.6 Å². The predicted molar refractivity (Wildman–Crippen MR) is 126 cm³/mol. The van der Waals surface area contributed by atoms with Gasteiger partial charge >= 0.3 is 5.97 Å². The summed E-state index contributed by atoms with van der Waals surface area (Å²) in [6.07, 6.45) is -0.0511. The minimum absolute atomic E-state index is 0.0511. The highest BCUT2D eigenvalue weighted by atomic mass is 35.5. The van der Waals surface area contributed by atoms with Crippen LogP contribution in [0, 0.1) is 0 Å². The maximum atomic E-state index is 10.9. The number of carbonyl (C=O) groups is 1. The van der Waals surface area contributed by atoms with Crippen molar-refractivity contribution in [1.29, 1.82) is 0 Å². The van der Waals surface area contributed by atoms with Gasteiger partial charge in [-0.05, 0) is 42.8 Å². The van der Waals surface area contributed by atoms with E-state index in [1.807, 2.05) is 18.2 Å². The minimum Gasteiger partial charge on any atom is -0.491 e. The van der Waals surface area contributed by atoms with Gasteiger partial charge in [0.25, 0.3) is 0 Å². The molecule has 6 nitrogen and oxygen atoms in total. The number of fused-ring (bicyclic) bond motifs is 1. The van der Waals surface area contributed by atoms with Crippen LogP contribution in [0.1, 0.15) is 12.5 Å². The topological polar surface area (TPSA) is 65.9 Å². The number of anilines is 1. The van der Waals surface area contributed by atoms with E-state index in [4.69, 9.17) is 38.0 Å². The normalized spacial score (nSPS) is 17.3. The third-order valence-electron chi connectivity index (χ3n) is 5.36. The van der Waals surface area contributed by atoms with Gasteiger partial charge < -0.3 is 14.7 Å². The van der Waals surface area contributed by atoms with Crippen LogP contribution in [0.5, 0.6) is 5.75 Å². The first kappa shape index (κ1) is 22.1. The first-order valence-corrected chi connectivity index (χ1v) is 11.6. The fourth-order valence-corrected chi connectivity index (χ4v) is 5.19. The Morgan fingerprint density at radius 3 is 2.87 bits per heavy atom. The number of carboxylic acid groups (broad SMARTS) is 1. The number of ether oxygens (including phenoxy) is 1. The van der Waals surface area contributed by atoms with Gasteiger partial charge in [0.05, 0.1) is 21.7 Å². The molecule has 1 saturated heterocycles. The van der Waals surface area contributed by atoms with Crippen molar-refractivity contribution in [3.05, 3.63) is 52.0 Å². The summed E-state index contributed by atoms with van der Waals surface area (Å²) in [6, 6.07) is 11.2. The maximum Gasteiger partial charge on any atom is 0.307 e. The number of hydrogen-bond donors (Lipinski definition) is 1. The SMILES string of the molecule is C[C@@H]1CN(c2nc3ccc(Cl)cc3s2)CCN1CCOc1cc(CC(=O)O)ccc1Cl. The molecule has 0 spiro atoms. The lowest BCUT2D eigenvalue weighted by atomic mass is 10.1. The molecule has 2 heterocycles. The Bertz CT molecular complexity index is 1090. The molecule has 1 atom stereocenters. The Kier molecular flexibility index (Phi) is 6.86.